The molecule has 97 heavy (non-hydrogen) atoms. The molecule has 0 N–H and O–H groups in total. The van der Waals surface area contributed by atoms with E-state index < -0.39 is 12.8 Å². The van der Waals surface area contributed by atoms with Crippen molar-refractivity contribution in [1.82, 2.24) is 13.7 Å². The first kappa shape index (κ1) is 52.2. The van der Waals surface area contributed by atoms with E-state index in [0.717, 1.165) is 24.9 Å². The molecule has 12 aromatic carbocycles. The molecular weight excluding hydrogens is 1230 g/mol. The second-order valence-corrected chi connectivity index (χ2v) is 50.3. The van der Waals surface area contributed by atoms with Crippen LogP contribution >= 0.6 is 27.7 Å². The average Bonchev–Trinajstić information content (AvgIpc) is 1.43. The van der Waals surface area contributed by atoms with E-state index in [2.05, 4.69) is 271 Å². The van der Waals surface area contributed by atoms with E-state index in [4.69, 9.17) is 9.03 Å². The molecular formula is C73H50B15N5P4-2. The van der Waals surface area contributed by atoms with Gasteiger partial charge in [-0.3, -0.25) is 0 Å². The van der Waals surface area contributed by atoms with Gasteiger partial charge in [-0.2, -0.15) is 0 Å². The van der Waals surface area contributed by atoms with Crippen LogP contribution in [0.5, 0.6) is 0 Å². The predicted molar refractivity (Wildman–Crippen MR) is 449 cm³/mol. The molecule has 2 radical (unpaired) electrons. The van der Waals surface area contributed by atoms with Crippen LogP contribution in [0.15, 0.2) is 246 Å². The molecule has 8 saturated heterocycles. The quantitative estimate of drug-likeness (QED) is 0.142. The molecule has 5 nitrogen and oxygen atoms in total. The molecule has 0 bridgehead atoms. The van der Waals surface area contributed by atoms with Crippen molar-refractivity contribution in [2.75, 3.05) is 0 Å². The Hall–Kier alpha value is -7.93. The van der Waals surface area contributed by atoms with Crippen LogP contribution in [-0.2, 0) is 0 Å². The summed E-state index contributed by atoms with van der Waals surface area (Å²) < 4.78 is 19.4. The van der Waals surface area contributed by atoms with Crippen molar-refractivity contribution in [1.29, 1.82) is 0 Å². The zero-order valence-corrected chi connectivity index (χ0v) is 58.0. The summed E-state index contributed by atoms with van der Waals surface area (Å²) in [5, 5.41) is 12.0. The summed E-state index contributed by atoms with van der Waals surface area (Å²) in [6, 6.07) is 90.6. The summed E-state index contributed by atoms with van der Waals surface area (Å²) in [6.07, 6.45) is 2.77. The Bertz CT molecular complexity index is 6600. The summed E-state index contributed by atoms with van der Waals surface area (Å²) in [4.78, 5) is 0. The van der Waals surface area contributed by atoms with Crippen molar-refractivity contribution in [3.8, 4) is 50.4 Å². The molecule has 0 saturated carbocycles. The molecule has 0 atom stereocenters. The van der Waals surface area contributed by atoms with E-state index in [1.807, 2.05) is 0 Å². The van der Waals surface area contributed by atoms with Gasteiger partial charge in [-0.1, -0.05) is 72.2 Å². The Labute approximate surface area is 570 Å². The fourth-order valence-electron chi connectivity index (χ4n) is 22.6. The maximum absolute atomic E-state index is 5.90. The number of aromatic nitrogens is 3. The molecule has 3 aromatic heterocycles. The Kier molecular flexibility index (Phi) is 8.97. The number of benzene rings is 12. The molecule has 8 fully saturated rings. The molecule has 15 aromatic rings. The van der Waals surface area contributed by atoms with E-state index in [1.54, 1.807) is 16.0 Å². The van der Waals surface area contributed by atoms with Crippen LogP contribution in [0.25, 0.3) is 116 Å². The van der Waals surface area contributed by atoms with Gasteiger partial charge < -0.3 is 4.57 Å². The maximum atomic E-state index is 5.90. The van der Waals surface area contributed by atoms with E-state index in [-0.39, 0.29) is 28.7 Å². The third-order valence-corrected chi connectivity index (χ3v) is 51.3. The van der Waals surface area contributed by atoms with Crippen LogP contribution in [0, 0.1) is 6.92 Å². The van der Waals surface area contributed by atoms with E-state index in [9.17, 15) is 0 Å². The molecule has 0 spiro atoms. The first-order valence-corrected chi connectivity index (χ1v) is 45.2. The van der Waals surface area contributed by atoms with Crippen molar-refractivity contribution in [2.45, 2.75) is 6.92 Å². The molecule has 29 rings (SSSR count). The zero-order chi connectivity index (χ0) is 62.3. The monoisotopic (exact) mass is 1290 g/mol. The SMILES string of the molecule is Cc1ccc2c3cccc4c3n(c2c1)-c1cccc2c1B4c1ccccc1-2.[B]1B2[BH2-]P12(N=[P+]1B2[BH2-]B21)c1ccc2c(c1)c1cccc3c1n2-c1cccc2c1B3c1ccccc1-2.[B]1B2[BH2-]P12(N=[P+]1B2[BH2-]B21)c1cccc2c1c1cccc3c1n2-c1cccc2c1B3c1ccccc1-2. The Morgan fingerprint density at radius 1 is 0.361 bits per heavy atom. The van der Waals surface area contributed by atoms with Gasteiger partial charge in [0.05, 0.1) is 5.52 Å². The van der Waals surface area contributed by atoms with Gasteiger partial charge >= 0.3 is 417 Å². The van der Waals surface area contributed by atoms with Gasteiger partial charge in [-0.15, -0.1) is 0 Å². The molecule has 17 heterocycles. The summed E-state index contributed by atoms with van der Waals surface area (Å²) >= 11 is 0. The van der Waals surface area contributed by atoms with Crippen LogP contribution in [0.2, 0.25) is 0 Å². The number of rotatable bonds is 4. The predicted octanol–water partition coefficient (Wildman–Crippen LogP) is 6.54. The summed E-state index contributed by atoms with van der Waals surface area (Å²) in [5.41, 5.74) is 35.5. The van der Waals surface area contributed by atoms with Crippen molar-refractivity contribution < 1.29 is 0 Å². The fourth-order valence-corrected chi connectivity index (χ4v) is 47.9. The van der Waals surface area contributed by atoms with Crippen LogP contribution in [-0.4, -0.2) is 113 Å². The fraction of sp³-hybridized carbons (Fsp3) is 0.0137. The molecule has 0 aliphatic carbocycles. The Morgan fingerprint density at radius 3 is 1.29 bits per heavy atom. The third kappa shape index (κ3) is 6.03. The first-order valence-electron chi connectivity index (χ1n) is 36.8. The summed E-state index contributed by atoms with van der Waals surface area (Å²) in [6.45, 7) is 8.98. The average molecular weight is 1280 g/mol. The van der Waals surface area contributed by atoms with Gasteiger partial charge in [0.25, 0.3) is 0 Å². The van der Waals surface area contributed by atoms with Crippen molar-refractivity contribution >= 4 is 252 Å². The molecule has 0 unspecified atom stereocenters. The zero-order valence-electron chi connectivity index (χ0n) is 54.4. The van der Waals surface area contributed by atoms with Crippen LogP contribution in [0.1, 0.15) is 5.56 Å². The van der Waals surface area contributed by atoms with Crippen molar-refractivity contribution in [3.05, 3.63) is 242 Å². The minimum atomic E-state index is -1.95. The Balaban J connectivity index is 0.0000000845. The topological polar surface area (TPSA) is 39.5 Å². The molecule has 0 amide bonds. The van der Waals surface area contributed by atoms with E-state index in [1.165, 1.54) is 178 Å². The van der Waals surface area contributed by atoms with Crippen molar-refractivity contribution in [3.63, 3.8) is 0 Å². The van der Waals surface area contributed by atoms with E-state index >= 15 is 0 Å². The second-order valence-electron chi connectivity index (χ2n) is 33.1. The van der Waals surface area contributed by atoms with Gasteiger partial charge in [0, 0.05) is 22.0 Å². The first-order chi connectivity index (χ1) is 47.9. The third-order valence-electron chi connectivity index (χ3n) is 28.7. The summed E-state index contributed by atoms with van der Waals surface area (Å²) in [5.74, 6) is 0. The normalized spacial score (nSPS) is 19.6. The number of hydrogen-bond donors (Lipinski definition) is 0. The molecule has 14 aliphatic heterocycles. The number of nitrogens with zero attached hydrogens (tertiary/aromatic N) is 5. The van der Waals surface area contributed by atoms with Gasteiger partial charge in [-0.05, 0) is 46.7 Å². The number of para-hydroxylation sites is 3. The van der Waals surface area contributed by atoms with Crippen molar-refractivity contribution in [2.24, 2.45) is 9.03 Å². The Morgan fingerprint density at radius 2 is 0.784 bits per heavy atom. The minimum absolute atomic E-state index is 0.0941. The summed E-state index contributed by atoms with van der Waals surface area (Å²) in [7, 11) is 1.15. The number of hydrogen-bond acceptors (Lipinski definition) is 2. The van der Waals surface area contributed by atoms with Gasteiger partial charge in [0.15, 0.2) is 0 Å². The number of fused-ring (bicyclic) bond motifs is 28. The second kappa shape index (κ2) is 16.7. The standard InChI is InChI=1S/C25H16BN.2C24H17B7N2P2/c1-15-12-13-17-19-8-4-10-21-25(19)27(23(17)14-15)22-11-5-7-18-16-6-2-3-9-20(16)26(21)24(18)22;1-2-9-17-14(6-1)15-7-4-12-20-23(15)28(17)18-10-3-8-16-22-19(33(20)24(16)18)11-5-13-21(22)35(26-29(35)27-35)32-34-30-25-31(30)34;1-2-8-19-15(5-1)16-6-4-10-22-23(16)28(19)20-9-3-7-17-18-13-14(11-12-21(18)33(22)24(17)20)35(26-29(35)27-35)32-34-30-25-31(30)34/h2-14H,1H3;2*1-13H,25-26H2/q;2*-1. The van der Waals surface area contributed by atoms with Gasteiger partial charge in [-0.25, -0.2) is 0 Å². The van der Waals surface area contributed by atoms with Crippen LogP contribution < -0.4 is 59.8 Å². The molecule has 24 heteroatoms. The van der Waals surface area contributed by atoms with E-state index in [0.29, 0.717) is 34.3 Å². The number of aryl methyl sites for hydroxylation is 1. The van der Waals surface area contributed by atoms with Gasteiger partial charge in [0.2, 0.25) is 6.71 Å². The van der Waals surface area contributed by atoms with Gasteiger partial charge in [0.1, 0.15) is 0 Å². The van der Waals surface area contributed by atoms with Crippen LogP contribution in [0.4, 0.5) is 0 Å². The molecule has 14 aliphatic rings. The molecule has 434 valence electrons. The van der Waals surface area contributed by atoms with Crippen LogP contribution in [0.3, 0.4) is 0 Å².